The van der Waals surface area contributed by atoms with Crippen molar-refractivity contribution >= 4 is 17.4 Å². The summed E-state index contributed by atoms with van der Waals surface area (Å²) in [6.07, 6.45) is 4.32. The summed E-state index contributed by atoms with van der Waals surface area (Å²) >= 11 is 0. The van der Waals surface area contributed by atoms with E-state index in [-0.39, 0.29) is 11.5 Å². The molecule has 2 aromatic heterocycles. The molecule has 0 spiro atoms. The highest BCUT2D eigenvalue weighted by Crippen LogP contribution is 2.49. The van der Waals surface area contributed by atoms with Crippen molar-refractivity contribution in [3.8, 4) is 0 Å². The van der Waals surface area contributed by atoms with Crippen molar-refractivity contribution in [2.24, 2.45) is 11.3 Å². The Morgan fingerprint density at radius 1 is 1.41 bits per heavy atom. The van der Waals surface area contributed by atoms with Crippen LogP contribution in [0.1, 0.15) is 19.3 Å². The molecule has 0 unspecified atom stereocenters. The predicted octanol–water partition coefficient (Wildman–Crippen LogP) is 1.39. The van der Waals surface area contributed by atoms with Crippen molar-refractivity contribution in [2.45, 2.75) is 19.3 Å². The second-order valence-corrected chi connectivity index (χ2v) is 6.31. The lowest BCUT2D eigenvalue weighted by atomic mass is 9.81. The summed E-state index contributed by atoms with van der Waals surface area (Å²) in [6, 6.07) is 6.91. The van der Waals surface area contributed by atoms with Gasteiger partial charge in [-0.1, -0.05) is 12.5 Å². The lowest BCUT2D eigenvalue weighted by Crippen LogP contribution is -2.36. The van der Waals surface area contributed by atoms with Crippen LogP contribution in [0.15, 0.2) is 35.3 Å². The van der Waals surface area contributed by atoms with Crippen LogP contribution in [-0.2, 0) is 4.79 Å². The Morgan fingerprint density at radius 3 is 3.05 bits per heavy atom. The van der Waals surface area contributed by atoms with Crippen LogP contribution in [0, 0.1) is 11.3 Å². The van der Waals surface area contributed by atoms with Gasteiger partial charge in [0.2, 0.25) is 0 Å². The molecule has 2 fully saturated rings. The highest BCUT2D eigenvalue weighted by Gasteiger charge is 2.55. The quantitative estimate of drug-likeness (QED) is 0.907. The summed E-state index contributed by atoms with van der Waals surface area (Å²) in [5.74, 6) is 0.0299. The molecule has 0 amide bonds. The van der Waals surface area contributed by atoms with Gasteiger partial charge in [0.25, 0.3) is 5.56 Å². The normalized spacial score (nSPS) is 27.3. The maximum absolute atomic E-state index is 12.2. The third-order valence-electron chi connectivity index (χ3n) is 5.18. The van der Waals surface area contributed by atoms with Gasteiger partial charge >= 0.3 is 5.97 Å². The maximum Gasteiger partial charge on any atom is 0.311 e. The number of aliphatic carboxylic acids is 1. The van der Waals surface area contributed by atoms with Crippen molar-refractivity contribution in [1.82, 2.24) is 9.38 Å². The average Bonchev–Trinajstić information content (AvgIpc) is 3.05. The molecule has 22 heavy (non-hydrogen) atoms. The van der Waals surface area contributed by atoms with Crippen LogP contribution < -0.4 is 10.5 Å². The Balaban J connectivity index is 1.75. The molecule has 6 nitrogen and oxygen atoms in total. The highest BCUT2D eigenvalue weighted by molar-refractivity contribution is 5.77. The molecule has 4 rings (SSSR count). The molecule has 2 aliphatic rings. The van der Waals surface area contributed by atoms with Gasteiger partial charge in [0.15, 0.2) is 0 Å². The number of aromatic nitrogens is 2. The van der Waals surface area contributed by atoms with Crippen LogP contribution in [0.3, 0.4) is 0 Å². The Morgan fingerprint density at radius 2 is 2.27 bits per heavy atom. The Labute approximate surface area is 127 Å². The van der Waals surface area contributed by atoms with Crippen LogP contribution in [0.25, 0.3) is 5.65 Å². The number of carbonyl (C=O) groups is 1. The molecule has 1 aliphatic heterocycles. The Hall–Kier alpha value is -2.37. The number of fused-ring (bicyclic) bond motifs is 2. The monoisotopic (exact) mass is 299 g/mol. The summed E-state index contributed by atoms with van der Waals surface area (Å²) in [5.41, 5.74) is -0.211. The molecular weight excluding hydrogens is 282 g/mol. The highest BCUT2D eigenvalue weighted by atomic mass is 16.4. The molecule has 2 aromatic rings. The largest absolute Gasteiger partial charge is 0.481 e. The average molecular weight is 299 g/mol. The van der Waals surface area contributed by atoms with E-state index in [1.54, 1.807) is 18.3 Å². The number of anilines is 1. The first-order valence-electron chi connectivity index (χ1n) is 7.57. The van der Waals surface area contributed by atoms with E-state index < -0.39 is 11.4 Å². The van der Waals surface area contributed by atoms with Crippen LogP contribution in [-0.4, -0.2) is 33.6 Å². The zero-order chi connectivity index (χ0) is 15.3. The molecule has 1 saturated heterocycles. The van der Waals surface area contributed by atoms with Gasteiger partial charge in [-0.15, -0.1) is 0 Å². The number of carboxylic acids is 1. The number of nitrogens with zero attached hydrogens (tertiary/aromatic N) is 3. The minimum atomic E-state index is -0.713. The Bertz CT molecular complexity index is 816. The third kappa shape index (κ3) is 1.76. The molecule has 1 N–H and O–H groups in total. The van der Waals surface area contributed by atoms with E-state index in [0.29, 0.717) is 24.6 Å². The van der Waals surface area contributed by atoms with Crippen LogP contribution in [0.2, 0.25) is 0 Å². The van der Waals surface area contributed by atoms with Crippen LogP contribution >= 0.6 is 0 Å². The van der Waals surface area contributed by atoms with Gasteiger partial charge in [-0.3, -0.25) is 14.0 Å². The number of hydrogen-bond acceptors (Lipinski definition) is 4. The van der Waals surface area contributed by atoms with E-state index in [1.807, 2.05) is 11.0 Å². The first-order chi connectivity index (χ1) is 10.6. The van der Waals surface area contributed by atoms with Crippen LogP contribution in [0.5, 0.6) is 0 Å². The SMILES string of the molecule is O=C(O)[C@@]12CCC[C@H]1CN(c1cc(=O)n3ccccc3n1)C2. The first kappa shape index (κ1) is 13.3. The summed E-state index contributed by atoms with van der Waals surface area (Å²) in [5, 5.41) is 9.65. The van der Waals surface area contributed by atoms with Crippen molar-refractivity contribution in [3.05, 3.63) is 40.8 Å². The van der Waals surface area contributed by atoms with Gasteiger partial charge in [-0.2, -0.15) is 0 Å². The molecule has 1 aliphatic carbocycles. The van der Waals surface area contributed by atoms with Gasteiger partial charge in [-0.25, -0.2) is 4.98 Å². The molecule has 3 heterocycles. The van der Waals surface area contributed by atoms with E-state index in [1.165, 1.54) is 10.5 Å². The molecule has 0 aromatic carbocycles. The summed E-state index contributed by atoms with van der Waals surface area (Å²) in [4.78, 5) is 30.4. The predicted molar refractivity (Wildman–Crippen MR) is 81.1 cm³/mol. The van der Waals surface area contributed by atoms with E-state index in [4.69, 9.17) is 0 Å². The topological polar surface area (TPSA) is 74.9 Å². The molecular formula is C16H17N3O3. The summed E-state index contributed by atoms with van der Waals surface area (Å²) < 4.78 is 1.49. The number of carboxylic acid groups (broad SMARTS) is 1. The second-order valence-electron chi connectivity index (χ2n) is 6.31. The number of pyridine rings is 1. The van der Waals surface area contributed by atoms with E-state index in [0.717, 1.165) is 19.3 Å². The maximum atomic E-state index is 12.2. The minimum Gasteiger partial charge on any atom is -0.481 e. The lowest BCUT2D eigenvalue weighted by molar-refractivity contribution is -0.149. The summed E-state index contributed by atoms with van der Waals surface area (Å²) in [7, 11) is 0. The molecule has 0 bridgehead atoms. The fourth-order valence-electron chi connectivity index (χ4n) is 4.02. The molecule has 1 saturated carbocycles. The van der Waals surface area contributed by atoms with Gasteiger partial charge < -0.3 is 10.0 Å². The van der Waals surface area contributed by atoms with Crippen molar-refractivity contribution in [2.75, 3.05) is 18.0 Å². The number of hydrogen-bond donors (Lipinski definition) is 1. The molecule has 2 atom stereocenters. The molecule has 0 radical (unpaired) electrons. The standard InChI is InChI=1S/C16H17N3O3/c20-14-8-13(17-12-5-1-2-7-19(12)14)18-9-11-4-3-6-16(11,10-18)15(21)22/h1-2,5,7-8,11H,3-4,6,9-10H2,(H,21,22)/t11-,16+/m0/s1. The molecule has 6 heteroatoms. The Kier molecular flexibility index (Phi) is 2.76. The van der Waals surface area contributed by atoms with Crippen molar-refractivity contribution < 1.29 is 9.90 Å². The third-order valence-corrected chi connectivity index (χ3v) is 5.18. The lowest BCUT2D eigenvalue weighted by Gasteiger charge is -2.23. The van der Waals surface area contributed by atoms with Crippen LogP contribution in [0.4, 0.5) is 5.82 Å². The summed E-state index contributed by atoms with van der Waals surface area (Å²) in [6.45, 7) is 1.12. The van der Waals surface area contributed by atoms with Gasteiger partial charge in [0, 0.05) is 25.4 Å². The zero-order valence-corrected chi connectivity index (χ0v) is 12.1. The van der Waals surface area contributed by atoms with Gasteiger partial charge in [-0.05, 0) is 30.9 Å². The van der Waals surface area contributed by atoms with E-state index in [2.05, 4.69) is 4.98 Å². The van der Waals surface area contributed by atoms with Gasteiger partial charge in [0.1, 0.15) is 11.5 Å². The van der Waals surface area contributed by atoms with Gasteiger partial charge in [0.05, 0.1) is 5.41 Å². The zero-order valence-electron chi connectivity index (χ0n) is 12.1. The fraction of sp³-hybridized carbons (Fsp3) is 0.438. The smallest absolute Gasteiger partial charge is 0.311 e. The van der Waals surface area contributed by atoms with E-state index in [9.17, 15) is 14.7 Å². The molecule has 114 valence electrons. The fourth-order valence-corrected chi connectivity index (χ4v) is 4.02. The first-order valence-corrected chi connectivity index (χ1v) is 7.57. The van der Waals surface area contributed by atoms with E-state index >= 15 is 0 Å². The van der Waals surface area contributed by atoms with Crippen molar-refractivity contribution in [3.63, 3.8) is 0 Å². The number of rotatable bonds is 2. The minimum absolute atomic E-state index is 0.137. The van der Waals surface area contributed by atoms with Crippen molar-refractivity contribution in [1.29, 1.82) is 0 Å². The second kappa shape index (κ2) is 4.56.